The highest BCUT2D eigenvalue weighted by Crippen LogP contribution is 2.16. The van der Waals surface area contributed by atoms with Gasteiger partial charge in [0, 0.05) is 37.1 Å². The maximum absolute atomic E-state index is 5.66. The number of hydrogen-bond acceptors (Lipinski definition) is 5. The molecule has 5 nitrogen and oxygen atoms in total. The second kappa shape index (κ2) is 6.11. The molecule has 1 aromatic rings. The van der Waals surface area contributed by atoms with Crippen LogP contribution >= 0.6 is 0 Å². The number of anilines is 1. The van der Waals surface area contributed by atoms with Crippen molar-refractivity contribution in [3.05, 3.63) is 17.5 Å². The summed E-state index contributed by atoms with van der Waals surface area (Å²) >= 11 is 0. The molecule has 1 aliphatic rings. The molecule has 1 aromatic heterocycles. The van der Waals surface area contributed by atoms with E-state index >= 15 is 0 Å². The largest absolute Gasteiger partial charge is 0.375 e. The molecule has 0 radical (unpaired) electrons. The number of ether oxygens (including phenoxy) is 1. The van der Waals surface area contributed by atoms with Crippen molar-refractivity contribution in [2.75, 3.05) is 31.6 Å². The second-order valence-electron chi connectivity index (χ2n) is 4.66. The van der Waals surface area contributed by atoms with E-state index in [1.54, 1.807) is 0 Å². The molecular weight excluding hydrogens is 228 g/mol. The minimum absolute atomic E-state index is 0.305. The third-order valence-corrected chi connectivity index (χ3v) is 3.31. The summed E-state index contributed by atoms with van der Waals surface area (Å²) < 4.78 is 5.66. The Labute approximate surface area is 109 Å². The number of aryl methyl sites for hydroxylation is 1. The highest BCUT2D eigenvalue weighted by atomic mass is 16.5. The summed E-state index contributed by atoms with van der Waals surface area (Å²) in [7, 11) is 1.93. The zero-order chi connectivity index (χ0) is 13.0. The van der Waals surface area contributed by atoms with Crippen LogP contribution in [0.1, 0.15) is 24.6 Å². The highest BCUT2D eigenvalue weighted by Gasteiger charge is 2.21. The topological polar surface area (TPSA) is 50.3 Å². The first-order valence-corrected chi connectivity index (χ1v) is 6.58. The van der Waals surface area contributed by atoms with Crippen LogP contribution in [0.15, 0.2) is 6.20 Å². The molecule has 18 heavy (non-hydrogen) atoms. The Morgan fingerprint density at radius 1 is 1.56 bits per heavy atom. The molecule has 100 valence electrons. The Bertz CT molecular complexity index is 397. The molecule has 0 amide bonds. The lowest BCUT2D eigenvalue weighted by Gasteiger charge is -2.32. The average molecular weight is 250 g/mol. The monoisotopic (exact) mass is 250 g/mol. The Balaban J connectivity index is 2.10. The molecule has 1 aliphatic heterocycles. The van der Waals surface area contributed by atoms with Crippen LogP contribution in [0.3, 0.4) is 0 Å². The maximum atomic E-state index is 5.66. The zero-order valence-electron chi connectivity index (χ0n) is 11.4. The fourth-order valence-electron chi connectivity index (χ4n) is 2.14. The van der Waals surface area contributed by atoms with E-state index in [9.17, 15) is 0 Å². The number of nitrogens with one attached hydrogen (secondary N) is 1. The summed E-state index contributed by atoms with van der Waals surface area (Å²) in [5.41, 5.74) is 2.20. The summed E-state index contributed by atoms with van der Waals surface area (Å²) in [6.07, 6.45) is 3.26. The van der Waals surface area contributed by atoms with Gasteiger partial charge in [-0.2, -0.15) is 0 Å². The Morgan fingerprint density at radius 2 is 2.39 bits per heavy atom. The SMILES string of the molecule is CCC1CN(c2ncc(CNC)c(C)n2)CCO1. The Kier molecular flexibility index (Phi) is 4.49. The van der Waals surface area contributed by atoms with E-state index in [0.717, 1.165) is 49.9 Å². The molecule has 1 saturated heterocycles. The Hall–Kier alpha value is -1.20. The summed E-state index contributed by atoms with van der Waals surface area (Å²) in [6.45, 7) is 7.53. The molecule has 2 heterocycles. The fraction of sp³-hybridized carbons (Fsp3) is 0.692. The molecule has 0 bridgehead atoms. The van der Waals surface area contributed by atoms with Gasteiger partial charge < -0.3 is 15.0 Å². The molecule has 0 spiro atoms. The van der Waals surface area contributed by atoms with Crippen molar-refractivity contribution in [2.24, 2.45) is 0 Å². The van der Waals surface area contributed by atoms with E-state index in [4.69, 9.17) is 4.74 Å². The van der Waals surface area contributed by atoms with Crippen LogP contribution in [-0.2, 0) is 11.3 Å². The lowest BCUT2D eigenvalue weighted by molar-refractivity contribution is 0.0378. The molecule has 2 rings (SSSR count). The lowest BCUT2D eigenvalue weighted by atomic mass is 10.2. The second-order valence-corrected chi connectivity index (χ2v) is 4.66. The van der Waals surface area contributed by atoms with Crippen molar-refractivity contribution in [3.63, 3.8) is 0 Å². The number of rotatable bonds is 4. The third-order valence-electron chi connectivity index (χ3n) is 3.31. The van der Waals surface area contributed by atoms with Crippen molar-refractivity contribution in [1.29, 1.82) is 0 Å². The van der Waals surface area contributed by atoms with E-state index in [1.165, 1.54) is 0 Å². The van der Waals surface area contributed by atoms with E-state index < -0.39 is 0 Å². The lowest BCUT2D eigenvalue weighted by Crippen LogP contribution is -2.43. The summed E-state index contributed by atoms with van der Waals surface area (Å²) in [4.78, 5) is 11.3. The van der Waals surface area contributed by atoms with E-state index in [0.29, 0.717) is 6.10 Å². The quantitative estimate of drug-likeness (QED) is 0.868. The van der Waals surface area contributed by atoms with Crippen molar-refractivity contribution < 1.29 is 4.74 Å². The van der Waals surface area contributed by atoms with Gasteiger partial charge in [-0.3, -0.25) is 0 Å². The average Bonchev–Trinajstić information content (AvgIpc) is 2.41. The van der Waals surface area contributed by atoms with Crippen molar-refractivity contribution in [3.8, 4) is 0 Å². The first kappa shape index (κ1) is 13.2. The number of morpholine rings is 1. The number of nitrogens with zero attached hydrogens (tertiary/aromatic N) is 3. The first-order chi connectivity index (χ1) is 8.74. The van der Waals surface area contributed by atoms with Gasteiger partial charge in [0.1, 0.15) is 0 Å². The predicted octanol–water partition coefficient (Wildman–Crippen LogP) is 1.12. The van der Waals surface area contributed by atoms with Crippen LogP contribution in [-0.4, -0.2) is 42.8 Å². The summed E-state index contributed by atoms with van der Waals surface area (Å²) in [6, 6.07) is 0. The van der Waals surface area contributed by atoms with Gasteiger partial charge in [-0.15, -0.1) is 0 Å². The molecule has 5 heteroatoms. The standard InChI is InChI=1S/C13H22N4O/c1-4-12-9-17(5-6-18-12)13-15-8-11(7-14-3)10(2)16-13/h8,12,14H,4-7,9H2,1-3H3. The normalized spacial score (nSPS) is 20.2. The molecule has 0 saturated carbocycles. The van der Waals surface area contributed by atoms with Gasteiger partial charge in [0.2, 0.25) is 5.95 Å². The first-order valence-electron chi connectivity index (χ1n) is 6.58. The van der Waals surface area contributed by atoms with Gasteiger partial charge in [0.05, 0.1) is 12.7 Å². The molecule has 1 unspecified atom stereocenters. The van der Waals surface area contributed by atoms with Gasteiger partial charge >= 0.3 is 0 Å². The van der Waals surface area contributed by atoms with Gasteiger partial charge in [0.25, 0.3) is 0 Å². The van der Waals surface area contributed by atoms with E-state index in [-0.39, 0.29) is 0 Å². The highest BCUT2D eigenvalue weighted by molar-refractivity contribution is 5.33. The molecule has 1 atom stereocenters. The van der Waals surface area contributed by atoms with Crippen molar-refractivity contribution >= 4 is 5.95 Å². The molecular formula is C13H22N4O. The van der Waals surface area contributed by atoms with Gasteiger partial charge in [-0.05, 0) is 20.4 Å². The van der Waals surface area contributed by atoms with Crippen LogP contribution in [0.5, 0.6) is 0 Å². The van der Waals surface area contributed by atoms with Crippen LogP contribution in [0.4, 0.5) is 5.95 Å². The number of hydrogen-bond donors (Lipinski definition) is 1. The van der Waals surface area contributed by atoms with Crippen LogP contribution in [0, 0.1) is 6.92 Å². The summed E-state index contributed by atoms with van der Waals surface area (Å²) in [5.74, 6) is 0.828. The minimum Gasteiger partial charge on any atom is -0.375 e. The summed E-state index contributed by atoms with van der Waals surface area (Å²) in [5, 5.41) is 3.13. The van der Waals surface area contributed by atoms with Gasteiger partial charge in [-0.1, -0.05) is 6.92 Å². The molecule has 1 fully saturated rings. The maximum Gasteiger partial charge on any atom is 0.225 e. The fourth-order valence-corrected chi connectivity index (χ4v) is 2.14. The molecule has 0 aliphatic carbocycles. The van der Waals surface area contributed by atoms with Crippen LogP contribution < -0.4 is 10.2 Å². The van der Waals surface area contributed by atoms with Crippen LogP contribution in [0.2, 0.25) is 0 Å². The van der Waals surface area contributed by atoms with E-state index in [1.807, 2.05) is 20.2 Å². The molecule has 0 aromatic carbocycles. The number of aromatic nitrogens is 2. The van der Waals surface area contributed by atoms with E-state index in [2.05, 4.69) is 27.1 Å². The smallest absolute Gasteiger partial charge is 0.225 e. The Morgan fingerprint density at radius 3 is 3.06 bits per heavy atom. The van der Waals surface area contributed by atoms with Gasteiger partial charge in [0.15, 0.2) is 0 Å². The van der Waals surface area contributed by atoms with Crippen molar-refractivity contribution in [2.45, 2.75) is 32.9 Å². The zero-order valence-corrected chi connectivity index (χ0v) is 11.4. The minimum atomic E-state index is 0.305. The van der Waals surface area contributed by atoms with Crippen LogP contribution in [0.25, 0.3) is 0 Å². The third kappa shape index (κ3) is 2.97. The van der Waals surface area contributed by atoms with Crippen molar-refractivity contribution in [1.82, 2.24) is 15.3 Å². The predicted molar refractivity (Wildman–Crippen MR) is 71.8 cm³/mol. The van der Waals surface area contributed by atoms with Gasteiger partial charge in [-0.25, -0.2) is 9.97 Å². The molecule has 1 N–H and O–H groups in total.